The molecule has 1 saturated carbocycles. The highest BCUT2D eigenvalue weighted by atomic mass is 35.5. The molecule has 0 spiro atoms. The van der Waals surface area contributed by atoms with Gasteiger partial charge in [-0.3, -0.25) is 14.8 Å². The molecular formula is C29H30ClFN4O2. The first kappa shape index (κ1) is 24.5. The number of ether oxygens (including phenoxy) is 1. The summed E-state index contributed by atoms with van der Waals surface area (Å²) in [6.45, 7) is 2.97. The summed E-state index contributed by atoms with van der Waals surface area (Å²) in [6, 6.07) is 11.4. The highest BCUT2D eigenvalue weighted by molar-refractivity contribution is 6.35. The van der Waals surface area contributed by atoms with E-state index in [0.29, 0.717) is 35.7 Å². The first-order chi connectivity index (χ1) is 17.8. The molecule has 2 saturated heterocycles. The van der Waals surface area contributed by atoms with E-state index in [0.717, 1.165) is 59.8 Å². The first-order valence-corrected chi connectivity index (χ1v) is 13.2. The van der Waals surface area contributed by atoms with Crippen molar-refractivity contribution in [2.45, 2.75) is 63.1 Å². The second-order valence-electron chi connectivity index (χ2n) is 10.7. The number of pyridine rings is 3. The summed E-state index contributed by atoms with van der Waals surface area (Å²) in [4.78, 5) is 21.8. The predicted molar refractivity (Wildman–Crippen MR) is 143 cm³/mol. The van der Waals surface area contributed by atoms with Crippen LogP contribution in [0.15, 0.2) is 47.4 Å². The molecule has 3 aliphatic rings. The number of rotatable bonds is 6. The van der Waals surface area contributed by atoms with Gasteiger partial charge in [-0.05, 0) is 69.7 Å². The third-order valence-corrected chi connectivity index (χ3v) is 8.73. The van der Waals surface area contributed by atoms with Crippen LogP contribution < -0.4 is 10.9 Å². The van der Waals surface area contributed by atoms with Gasteiger partial charge in [0.25, 0.3) is 5.56 Å². The van der Waals surface area contributed by atoms with E-state index in [2.05, 4.69) is 15.3 Å². The third-order valence-electron chi connectivity index (χ3n) is 8.42. The van der Waals surface area contributed by atoms with E-state index < -0.39 is 0 Å². The Morgan fingerprint density at radius 1 is 1.19 bits per heavy atom. The zero-order chi connectivity index (χ0) is 25.8. The molecule has 7 rings (SSSR count). The zero-order valence-electron chi connectivity index (χ0n) is 21.1. The molecule has 0 atom stereocenters. The Bertz CT molecular complexity index is 1550. The predicted octanol–water partition coefficient (Wildman–Crippen LogP) is 5.39. The van der Waals surface area contributed by atoms with Crippen molar-refractivity contribution in [2.24, 2.45) is 7.05 Å². The zero-order valence-corrected chi connectivity index (χ0v) is 21.9. The lowest BCUT2D eigenvalue weighted by Gasteiger charge is -2.53. The molecule has 1 N–H and O–H groups in total. The highest BCUT2D eigenvalue weighted by Crippen LogP contribution is 2.46. The number of halogens is 2. The van der Waals surface area contributed by atoms with E-state index in [9.17, 15) is 9.18 Å². The number of nitrogens with one attached hydrogen (secondary N) is 1. The summed E-state index contributed by atoms with van der Waals surface area (Å²) in [6.07, 6.45) is 6.35. The van der Waals surface area contributed by atoms with Crippen molar-refractivity contribution >= 4 is 33.5 Å². The van der Waals surface area contributed by atoms with Crippen LogP contribution in [0.2, 0.25) is 5.02 Å². The van der Waals surface area contributed by atoms with Gasteiger partial charge in [-0.2, -0.15) is 0 Å². The second kappa shape index (κ2) is 9.15. The van der Waals surface area contributed by atoms with Crippen LogP contribution in [0.3, 0.4) is 0 Å². The van der Waals surface area contributed by atoms with Crippen molar-refractivity contribution in [1.29, 1.82) is 0 Å². The maximum atomic E-state index is 14.8. The van der Waals surface area contributed by atoms with Gasteiger partial charge >= 0.3 is 0 Å². The Hall–Kier alpha value is -2.87. The van der Waals surface area contributed by atoms with Crippen LogP contribution in [0.1, 0.15) is 48.9 Å². The van der Waals surface area contributed by atoms with E-state index >= 15 is 0 Å². The number of benzene rings is 1. The molecule has 1 aliphatic carbocycles. The smallest absolute Gasteiger partial charge is 0.255 e. The summed E-state index contributed by atoms with van der Waals surface area (Å²) in [7, 11) is 1.77. The van der Waals surface area contributed by atoms with Crippen LogP contribution in [0.4, 0.5) is 4.39 Å². The lowest BCUT2D eigenvalue weighted by atomic mass is 9.69. The van der Waals surface area contributed by atoms with Crippen LogP contribution in [0.25, 0.3) is 21.9 Å². The Kier molecular flexibility index (Phi) is 6.05. The SMILES string of the molecule is Cc1ccc2ncc(F)c(CCC34CCC(NCc5cc6cccc(Cl)c6n(C)c5=O)(CC3)CO4)c2n1. The van der Waals surface area contributed by atoms with Gasteiger partial charge in [-0.15, -0.1) is 0 Å². The number of aromatic nitrogens is 3. The van der Waals surface area contributed by atoms with Gasteiger partial charge in [0.15, 0.2) is 0 Å². The molecule has 5 heterocycles. The fourth-order valence-electron chi connectivity index (χ4n) is 6.08. The van der Waals surface area contributed by atoms with Gasteiger partial charge < -0.3 is 14.6 Å². The van der Waals surface area contributed by atoms with Crippen LogP contribution in [-0.4, -0.2) is 32.3 Å². The molecule has 2 bridgehead atoms. The minimum Gasteiger partial charge on any atom is -0.373 e. The number of aryl methyl sites for hydroxylation is 3. The molecule has 8 heteroatoms. The number of hydrogen-bond acceptors (Lipinski definition) is 5. The molecule has 2 aliphatic heterocycles. The normalized spacial score (nSPS) is 23.2. The van der Waals surface area contributed by atoms with Gasteiger partial charge in [0.2, 0.25) is 0 Å². The average molecular weight is 521 g/mol. The number of nitrogens with zero attached hydrogens (tertiary/aromatic N) is 3. The molecule has 37 heavy (non-hydrogen) atoms. The van der Waals surface area contributed by atoms with E-state index in [-0.39, 0.29) is 22.5 Å². The molecule has 3 aromatic heterocycles. The summed E-state index contributed by atoms with van der Waals surface area (Å²) < 4.78 is 22.9. The second-order valence-corrected chi connectivity index (χ2v) is 11.1. The van der Waals surface area contributed by atoms with Crippen LogP contribution in [-0.2, 0) is 24.8 Å². The van der Waals surface area contributed by atoms with Crippen molar-refractivity contribution in [1.82, 2.24) is 19.9 Å². The Morgan fingerprint density at radius 2 is 2.00 bits per heavy atom. The van der Waals surface area contributed by atoms with Crippen molar-refractivity contribution in [3.8, 4) is 0 Å². The molecule has 3 fully saturated rings. The van der Waals surface area contributed by atoms with Crippen molar-refractivity contribution in [2.75, 3.05) is 6.61 Å². The molecule has 192 valence electrons. The van der Waals surface area contributed by atoms with Gasteiger partial charge in [-0.1, -0.05) is 23.7 Å². The lowest BCUT2D eigenvalue weighted by molar-refractivity contribution is -0.165. The van der Waals surface area contributed by atoms with Gasteiger partial charge in [0.1, 0.15) is 5.82 Å². The molecule has 0 amide bonds. The van der Waals surface area contributed by atoms with Crippen molar-refractivity contribution in [3.63, 3.8) is 0 Å². The first-order valence-electron chi connectivity index (χ1n) is 12.9. The standard InChI is InChI=1S/C29H30ClFN4O2/c1-18-6-7-24-25(34-18)21(23(31)16-32-24)8-9-29-12-10-28(11-13-29,17-37-29)33-15-20-14-19-4-3-5-22(30)26(19)35(2)27(20)36/h3-7,14,16,33H,8-13,15,17H2,1-2H3. The monoisotopic (exact) mass is 520 g/mol. The largest absolute Gasteiger partial charge is 0.373 e. The Labute approximate surface area is 219 Å². The minimum atomic E-state index is -0.303. The summed E-state index contributed by atoms with van der Waals surface area (Å²) in [5.41, 5.74) is 3.89. The average Bonchev–Trinajstić information content (AvgIpc) is 2.90. The highest BCUT2D eigenvalue weighted by Gasteiger charge is 2.49. The summed E-state index contributed by atoms with van der Waals surface area (Å²) in [5, 5.41) is 5.19. The van der Waals surface area contributed by atoms with Crippen LogP contribution in [0, 0.1) is 12.7 Å². The molecule has 4 aromatic rings. The number of para-hydroxylation sites is 1. The van der Waals surface area contributed by atoms with Gasteiger partial charge in [-0.25, -0.2) is 4.39 Å². The molecular weight excluding hydrogens is 491 g/mol. The summed E-state index contributed by atoms with van der Waals surface area (Å²) >= 11 is 6.34. The minimum absolute atomic E-state index is 0.0400. The third kappa shape index (κ3) is 4.33. The van der Waals surface area contributed by atoms with Crippen molar-refractivity contribution < 1.29 is 9.13 Å². The number of fused-ring (bicyclic) bond motifs is 5. The maximum Gasteiger partial charge on any atom is 0.255 e. The van der Waals surface area contributed by atoms with Gasteiger partial charge in [0.05, 0.1) is 40.0 Å². The molecule has 6 nitrogen and oxygen atoms in total. The molecule has 1 aromatic carbocycles. The van der Waals surface area contributed by atoms with Gasteiger partial charge in [0, 0.05) is 41.3 Å². The number of hydrogen-bond donors (Lipinski definition) is 1. The quantitative estimate of drug-likeness (QED) is 0.369. The fourth-order valence-corrected chi connectivity index (χ4v) is 6.38. The molecule has 0 radical (unpaired) electrons. The summed E-state index contributed by atoms with van der Waals surface area (Å²) in [5.74, 6) is -0.303. The lowest BCUT2D eigenvalue weighted by Crippen LogP contribution is -2.61. The van der Waals surface area contributed by atoms with E-state index in [1.807, 2.05) is 37.3 Å². The van der Waals surface area contributed by atoms with Crippen LogP contribution in [0.5, 0.6) is 0 Å². The topological polar surface area (TPSA) is 69.0 Å². The van der Waals surface area contributed by atoms with E-state index in [4.69, 9.17) is 16.3 Å². The molecule has 0 unspecified atom stereocenters. The van der Waals surface area contributed by atoms with E-state index in [1.165, 1.54) is 6.20 Å². The Morgan fingerprint density at radius 3 is 2.76 bits per heavy atom. The van der Waals surface area contributed by atoms with Crippen molar-refractivity contribution in [3.05, 3.63) is 80.6 Å². The fraction of sp³-hybridized carbons (Fsp3) is 0.414. The maximum absolute atomic E-state index is 14.8. The Balaban J connectivity index is 1.15. The van der Waals surface area contributed by atoms with Crippen LogP contribution >= 0.6 is 11.6 Å². The van der Waals surface area contributed by atoms with E-state index in [1.54, 1.807) is 17.7 Å².